The lowest BCUT2D eigenvalue weighted by Crippen LogP contribution is -2.35. The number of hydrogen-bond acceptors (Lipinski definition) is 5. The average molecular weight is 483 g/mol. The van der Waals surface area contributed by atoms with Crippen LogP contribution in [0.1, 0.15) is 35.8 Å². The van der Waals surface area contributed by atoms with Crippen LogP contribution in [0.2, 0.25) is 0 Å². The summed E-state index contributed by atoms with van der Waals surface area (Å²) in [4.78, 5) is 23.4. The van der Waals surface area contributed by atoms with E-state index < -0.39 is 0 Å². The lowest BCUT2D eigenvalue weighted by atomic mass is 10.1. The Balaban J connectivity index is 1.53. The van der Waals surface area contributed by atoms with E-state index in [1.807, 2.05) is 49.3 Å². The number of ether oxygens (including phenoxy) is 1. The summed E-state index contributed by atoms with van der Waals surface area (Å²) in [5, 5.41) is 0.835. The number of nitrogens with two attached hydrogens (primary N) is 1. The van der Waals surface area contributed by atoms with Crippen molar-refractivity contribution in [2.45, 2.75) is 31.8 Å². The predicted octanol–water partition coefficient (Wildman–Crippen LogP) is 3.58. The second kappa shape index (κ2) is 9.51. The van der Waals surface area contributed by atoms with Crippen LogP contribution >= 0.6 is 0 Å². The van der Waals surface area contributed by atoms with Gasteiger partial charge in [-0.15, -0.1) is 0 Å². The number of nitrogen functional groups attached to an aromatic ring is 1. The average Bonchev–Trinajstić information content (AvgIpc) is 3.55. The largest absolute Gasteiger partial charge is 0.385 e. The molecule has 1 saturated heterocycles. The Morgan fingerprint density at radius 2 is 2.14 bits per heavy atom. The van der Waals surface area contributed by atoms with Gasteiger partial charge in [-0.3, -0.25) is 4.79 Å². The molecule has 1 fully saturated rings. The van der Waals surface area contributed by atoms with Crippen LogP contribution in [0.25, 0.3) is 21.9 Å². The summed E-state index contributed by atoms with van der Waals surface area (Å²) in [6, 6.07) is 8.19. The van der Waals surface area contributed by atoms with Gasteiger partial charge in [0.1, 0.15) is 11.6 Å². The van der Waals surface area contributed by atoms with Gasteiger partial charge in [-0.1, -0.05) is 18.4 Å². The number of carbonyl (C=O) groups excluding carboxylic acids is 1. The van der Waals surface area contributed by atoms with Crippen LogP contribution in [0.15, 0.2) is 49.3 Å². The van der Waals surface area contributed by atoms with Crippen molar-refractivity contribution in [1.29, 1.82) is 0 Å². The van der Waals surface area contributed by atoms with E-state index in [2.05, 4.69) is 37.5 Å². The fourth-order valence-electron chi connectivity index (χ4n) is 5.17. The van der Waals surface area contributed by atoms with Crippen molar-refractivity contribution in [1.82, 2.24) is 24.0 Å². The van der Waals surface area contributed by atoms with Crippen molar-refractivity contribution < 1.29 is 9.53 Å². The van der Waals surface area contributed by atoms with Gasteiger partial charge in [0.15, 0.2) is 0 Å². The van der Waals surface area contributed by atoms with Crippen molar-refractivity contribution in [3.63, 3.8) is 0 Å². The quantitative estimate of drug-likeness (QED) is 0.347. The normalized spacial score (nSPS) is 17.5. The Morgan fingerprint density at radius 1 is 1.31 bits per heavy atom. The topological polar surface area (TPSA) is 91.2 Å². The smallest absolute Gasteiger partial charge is 0.246 e. The van der Waals surface area contributed by atoms with Gasteiger partial charge in [0.2, 0.25) is 5.91 Å². The molecule has 0 bridgehead atoms. The van der Waals surface area contributed by atoms with Crippen molar-refractivity contribution in [2.24, 2.45) is 7.05 Å². The molecule has 0 unspecified atom stereocenters. The third kappa shape index (κ3) is 4.12. The molecule has 0 aliphatic carbocycles. The summed E-state index contributed by atoms with van der Waals surface area (Å²) >= 11 is 0. The number of benzene rings is 1. The molecule has 1 amide bonds. The fourth-order valence-corrected chi connectivity index (χ4v) is 5.17. The van der Waals surface area contributed by atoms with Crippen LogP contribution in [0.5, 0.6) is 0 Å². The number of likely N-dealkylation sites (tertiary alicyclic amines) is 1. The zero-order valence-electron chi connectivity index (χ0n) is 20.9. The van der Waals surface area contributed by atoms with Crippen LogP contribution < -0.4 is 5.73 Å². The molecule has 1 aliphatic rings. The molecule has 1 aromatic carbocycles. The lowest BCUT2D eigenvalue weighted by Gasteiger charge is -2.22. The second-order valence-electron chi connectivity index (χ2n) is 9.23. The van der Waals surface area contributed by atoms with Gasteiger partial charge >= 0.3 is 0 Å². The highest BCUT2D eigenvalue weighted by atomic mass is 16.5. The van der Waals surface area contributed by atoms with E-state index in [4.69, 9.17) is 10.5 Å². The van der Waals surface area contributed by atoms with E-state index in [1.54, 1.807) is 13.3 Å². The van der Waals surface area contributed by atoms with E-state index in [-0.39, 0.29) is 18.0 Å². The van der Waals surface area contributed by atoms with E-state index in [1.165, 1.54) is 6.08 Å². The number of carbonyl (C=O) groups is 1. The number of hydrogen-bond donors (Lipinski definition) is 1. The summed E-state index contributed by atoms with van der Waals surface area (Å²) in [6.07, 6.45) is 6.73. The first kappa shape index (κ1) is 23.6. The summed E-state index contributed by atoms with van der Waals surface area (Å²) in [5.74, 6) is 7.96. The van der Waals surface area contributed by atoms with Gasteiger partial charge in [-0.05, 0) is 50.1 Å². The first-order valence-corrected chi connectivity index (χ1v) is 12.0. The fraction of sp³-hybridized carbons (Fsp3) is 0.321. The molecule has 3 aromatic heterocycles. The van der Waals surface area contributed by atoms with Gasteiger partial charge in [-0.2, -0.15) is 0 Å². The minimum atomic E-state index is -0.0589. The van der Waals surface area contributed by atoms with Crippen molar-refractivity contribution >= 4 is 33.7 Å². The number of aromatic nitrogens is 4. The van der Waals surface area contributed by atoms with E-state index in [0.717, 1.165) is 51.7 Å². The molecule has 2 atom stereocenters. The third-order valence-corrected chi connectivity index (χ3v) is 7.12. The standard InChI is InChI=1S/C28H30N6O2/c1-5-26(35)34-17-22(15-21(34)11-13-36-4)33-16-20(27-25(33)10-12-30-28(27)29)8-6-19-7-9-24-23(14-19)31-18(2)32(24)3/h5,7,9-10,12,14,16,21-22H,1,11,13,15,17H2,2-4H3,(H2,29,30)/t21-,22-/m0/s1. The highest BCUT2D eigenvalue weighted by Crippen LogP contribution is 2.35. The SMILES string of the molecule is C=CC(=O)N1C[C@@H](n2cc(C#Cc3ccc4c(c3)nc(C)n4C)c3c(N)nccc32)C[C@@H]1CCOC. The van der Waals surface area contributed by atoms with Crippen molar-refractivity contribution in [3.05, 3.63) is 66.3 Å². The molecule has 8 heteroatoms. The van der Waals surface area contributed by atoms with Crippen LogP contribution in [0.3, 0.4) is 0 Å². The number of fused-ring (bicyclic) bond motifs is 2. The number of aryl methyl sites for hydroxylation is 2. The van der Waals surface area contributed by atoms with Gasteiger partial charge in [0, 0.05) is 51.3 Å². The van der Waals surface area contributed by atoms with Crippen LogP contribution in [0.4, 0.5) is 5.82 Å². The Labute approximate surface area is 210 Å². The van der Waals surface area contributed by atoms with Crippen molar-refractivity contribution in [3.8, 4) is 11.8 Å². The van der Waals surface area contributed by atoms with E-state index in [9.17, 15) is 4.79 Å². The summed E-state index contributed by atoms with van der Waals surface area (Å²) in [5.41, 5.74) is 11.0. The third-order valence-electron chi connectivity index (χ3n) is 7.12. The van der Waals surface area contributed by atoms with Crippen molar-refractivity contribution in [2.75, 3.05) is 26.0 Å². The minimum Gasteiger partial charge on any atom is -0.385 e. The summed E-state index contributed by atoms with van der Waals surface area (Å²) in [6.45, 7) is 6.86. The van der Waals surface area contributed by atoms with Gasteiger partial charge in [0.05, 0.1) is 33.5 Å². The molecular weight excluding hydrogens is 452 g/mol. The highest BCUT2D eigenvalue weighted by molar-refractivity contribution is 5.95. The molecule has 0 saturated carbocycles. The molecule has 0 radical (unpaired) electrons. The Kier molecular flexibility index (Phi) is 6.25. The monoisotopic (exact) mass is 482 g/mol. The molecule has 5 rings (SSSR count). The zero-order chi connectivity index (χ0) is 25.4. The first-order chi connectivity index (χ1) is 17.4. The molecule has 4 aromatic rings. The Hall–Kier alpha value is -4.09. The van der Waals surface area contributed by atoms with Crippen LogP contribution in [-0.2, 0) is 16.6 Å². The summed E-state index contributed by atoms with van der Waals surface area (Å²) < 4.78 is 9.54. The number of nitrogens with zero attached hydrogens (tertiary/aromatic N) is 5. The molecule has 2 N–H and O–H groups in total. The number of imidazole rings is 1. The van der Waals surface area contributed by atoms with Gasteiger partial charge in [-0.25, -0.2) is 9.97 Å². The predicted molar refractivity (Wildman–Crippen MR) is 141 cm³/mol. The molecular formula is C28H30N6O2. The summed E-state index contributed by atoms with van der Waals surface area (Å²) in [7, 11) is 3.69. The number of pyridine rings is 1. The van der Waals surface area contributed by atoms with Crippen LogP contribution in [-0.4, -0.2) is 56.2 Å². The highest BCUT2D eigenvalue weighted by Gasteiger charge is 2.35. The number of rotatable bonds is 5. The molecule has 184 valence electrons. The zero-order valence-corrected chi connectivity index (χ0v) is 20.9. The van der Waals surface area contributed by atoms with Crippen LogP contribution in [0, 0.1) is 18.8 Å². The Morgan fingerprint density at radius 3 is 2.92 bits per heavy atom. The number of methoxy groups -OCH3 is 1. The maximum Gasteiger partial charge on any atom is 0.246 e. The molecule has 8 nitrogen and oxygen atoms in total. The maximum atomic E-state index is 12.6. The molecule has 36 heavy (non-hydrogen) atoms. The number of anilines is 1. The first-order valence-electron chi connectivity index (χ1n) is 12.0. The maximum absolute atomic E-state index is 12.6. The molecule has 1 aliphatic heterocycles. The van der Waals surface area contributed by atoms with Gasteiger partial charge < -0.3 is 24.5 Å². The lowest BCUT2D eigenvalue weighted by molar-refractivity contribution is -0.127. The van der Waals surface area contributed by atoms with E-state index >= 15 is 0 Å². The second-order valence-corrected chi connectivity index (χ2v) is 9.23. The molecule has 0 spiro atoms. The molecule has 4 heterocycles. The Bertz CT molecular complexity index is 1540. The van der Waals surface area contributed by atoms with Gasteiger partial charge in [0.25, 0.3) is 0 Å². The number of amides is 1. The van der Waals surface area contributed by atoms with E-state index in [0.29, 0.717) is 19.0 Å². The minimum absolute atomic E-state index is 0.0589.